The molecule has 1 aliphatic carbocycles. The summed E-state index contributed by atoms with van der Waals surface area (Å²) in [5.41, 5.74) is 2.77. The highest BCUT2D eigenvalue weighted by atomic mass is 15.2. The van der Waals surface area contributed by atoms with E-state index in [4.69, 9.17) is 0 Å². The molecule has 2 aliphatic rings. The highest BCUT2D eigenvalue weighted by molar-refractivity contribution is 5.25. The van der Waals surface area contributed by atoms with Crippen LogP contribution in [0.5, 0.6) is 0 Å². The third-order valence-corrected chi connectivity index (χ3v) is 5.81. The van der Waals surface area contributed by atoms with Crippen LogP contribution in [0, 0.1) is 12.8 Å². The maximum atomic E-state index is 3.57. The van der Waals surface area contributed by atoms with Crippen molar-refractivity contribution in [2.75, 3.05) is 13.6 Å². The quantitative estimate of drug-likeness (QED) is 0.903. The Kier molecular flexibility index (Phi) is 4.66. The second kappa shape index (κ2) is 6.50. The Morgan fingerprint density at radius 1 is 1.10 bits per heavy atom. The fraction of sp³-hybridized carbons (Fsp3) is 0.684. The predicted molar refractivity (Wildman–Crippen MR) is 89.5 cm³/mol. The molecule has 0 spiro atoms. The Bertz CT molecular complexity index is 453. The largest absolute Gasteiger partial charge is 0.312 e. The molecule has 3 rings (SSSR count). The molecule has 1 saturated heterocycles. The molecule has 1 N–H and O–H groups in total. The molecule has 21 heavy (non-hydrogen) atoms. The van der Waals surface area contributed by atoms with Crippen LogP contribution >= 0.6 is 0 Å². The van der Waals surface area contributed by atoms with Gasteiger partial charge >= 0.3 is 0 Å². The summed E-state index contributed by atoms with van der Waals surface area (Å²) in [6, 6.07) is 10.9. The molecule has 0 amide bonds. The molecule has 4 atom stereocenters. The fourth-order valence-electron chi connectivity index (χ4n) is 4.60. The molecule has 2 fully saturated rings. The van der Waals surface area contributed by atoms with E-state index in [2.05, 4.69) is 55.4 Å². The van der Waals surface area contributed by atoms with Gasteiger partial charge in [0.15, 0.2) is 0 Å². The van der Waals surface area contributed by atoms with Crippen LogP contribution in [0.3, 0.4) is 0 Å². The normalized spacial score (nSPS) is 29.1. The first-order valence-electron chi connectivity index (χ1n) is 8.70. The van der Waals surface area contributed by atoms with Crippen molar-refractivity contribution in [3.63, 3.8) is 0 Å². The van der Waals surface area contributed by atoms with Gasteiger partial charge in [-0.1, -0.05) is 42.7 Å². The Morgan fingerprint density at radius 2 is 1.81 bits per heavy atom. The predicted octanol–water partition coefficient (Wildman–Crippen LogP) is 3.91. The molecule has 1 aliphatic heterocycles. The van der Waals surface area contributed by atoms with Crippen LogP contribution < -0.4 is 5.32 Å². The Morgan fingerprint density at radius 3 is 2.52 bits per heavy atom. The zero-order chi connectivity index (χ0) is 14.8. The fourth-order valence-corrected chi connectivity index (χ4v) is 4.60. The van der Waals surface area contributed by atoms with Gasteiger partial charge in [0.05, 0.1) is 0 Å². The van der Waals surface area contributed by atoms with Crippen LogP contribution in [-0.2, 0) is 0 Å². The van der Waals surface area contributed by atoms with Gasteiger partial charge in [0.1, 0.15) is 0 Å². The van der Waals surface area contributed by atoms with Gasteiger partial charge in [0.25, 0.3) is 0 Å². The van der Waals surface area contributed by atoms with Crippen molar-refractivity contribution in [3.8, 4) is 0 Å². The van der Waals surface area contributed by atoms with E-state index in [1.807, 2.05) is 0 Å². The molecule has 116 valence electrons. The number of likely N-dealkylation sites (N-methyl/N-ethyl adjacent to an activating group) is 1. The molecule has 1 aromatic rings. The number of aryl methyl sites for hydroxylation is 1. The van der Waals surface area contributed by atoms with E-state index in [0.717, 1.165) is 12.0 Å². The molecule has 2 nitrogen and oxygen atoms in total. The van der Waals surface area contributed by atoms with E-state index in [1.54, 1.807) is 0 Å². The highest BCUT2D eigenvalue weighted by Gasteiger charge is 2.39. The van der Waals surface area contributed by atoms with Crippen molar-refractivity contribution in [2.45, 2.75) is 64.1 Å². The molecule has 0 aromatic heterocycles. The molecular weight excluding hydrogens is 256 g/mol. The summed E-state index contributed by atoms with van der Waals surface area (Å²) >= 11 is 0. The number of hydrogen-bond acceptors (Lipinski definition) is 2. The number of nitrogens with zero attached hydrogens (tertiary/aromatic N) is 1. The van der Waals surface area contributed by atoms with Gasteiger partial charge in [0, 0.05) is 18.1 Å². The smallest absolute Gasteiger partial charge is 0.0473 e. The molecule has 1 saturated carbocycles. The maximum Gasteiger partial charge on any atom is 0.0473 e. The van der Waals surface area contributed by atoms with Crippen molar-refractivity contribution < 1.29 is 0 Å². The molecule has 0 bridgehead atoms. The molecule has 1 aromatic carbocycles. The van der Waals surface area contributed by atoms with Gasteiger partial charge < -0.3 is 5.32 Å². The number of hydrogen-bond donors (Lipinski definition) is 1. The summed E-state index contributed by atoms with van der Waals surface area (Å²) in [5.74, 6) is 0.969. The molecule has 0 radical (unpaired) electrons. The number of likely N-dealkylation sites (tertiary alicyclic amines) is 1. The Hall–Kier alpha value is -0.860. The van der Waals surface area contributed by atoms with Gasteiger partial charge in [0.2, 0.25) is 0 Å². The lowest BCUT2D eigenvalue weighted by Crippen LogP contribution is -2.46. The molecule has 4 unspecified atom stereocenters. The van der Waals surface area contributed by atoms with Crippen LogP contribution in [0.1, 0.15) is 56.2 Å². The zero-order valence-corrected chi connectivity index (χ0v) is 13.8. The van der Waals surface area contributed by atoms with Crippen LogP contribution in [0.15, 0.2) is 24.3 Å². The van der Waals surface area contributed by atoms with Crippen LogP contribution in [-0.4, -0.2) is 30.6 Å². The molecule has 2 heteroatoms. The number of nitrogens with one attached hydrogen (secondary N) is 1. The summed E-state index contributed by atoms with van der Waals surface area (Å²) in [6.07, 6.45) is 7.18. The lowest BCUT2D eigenvalue weighted by atomic mass is 9.84. The molecular formula is C19H30N2. The number of rotatable bonds is 4. The highest BCUT2D eigenvalue weighted by Crippen LogP contribution is 2.39. The van der Waals surface area contributed by atoms with Crippen molar-refractivity contribution >= 4 is 0 Å². The third-order valence-electron chi connectivity index (χ3n) is 5.81. The molecule has 1 heterocycles. The second-order valence-electron chi connectivity index (χ2n) is 7.06. The Balaban J connectivity index is 1.75. The SMILES string of the molecule is CNC(c1ccc(C)cc1)C(C)N1CCC2CCCCC21. The topological polar surface area (TPSA) is 15.3 Å². The van der Waals surface area contributed by atoms with Crippen molar-refractivity contribution in [3.05, 3.63) is 35.4 Å². The van der Waals surface area contributed by atoms with Gasteiger partial charge in [-0.05, 0) is 58.2 Å². The van der Waals surface area contributed by atoms with E-state index in [-0.39, 0.29) is 0 Å². The van der Waals surface area contributed by atoms with Crippen molar-refractivity contribution in [1.82, 2.24) is 10.2 Å². The van der Waals surface area contributed by atoms with E-state index in [0.29, 0.717) is 12.1 Å². The van der Waals surface area contributed by atoms with Crippen molar-refractivity contribution in [1.29, 1.82) is 0 Å². The minimum absolute atomic E-state index is 0.436. The van der Waals surface area contributed by atoms with E-state index in [9.17, 15) is 0 Å². The van der Waals surface area contributed by atoms with Gasteiger partial charge in [-0.15, -0.1) is 0 Å². The van der Waals surface area contributed by atoms with E-state index in [1.165, 1.54) is 49.8 Å². The first-order valence-corrected chi connectivity index (χ1v) is 8.70. The van der Waals surface area contributed by atoms with Crippen LogP contribution in [0.2, 0.25) is 0 Å². The lowest BCUT2D eigenvalue weighted by molar-refractivity contribution is 0.118. The average Bonchev–Trinajstić information content (AvgIpc) is 2.94. The lowest BCUT2D eigenvalue weighted by Gasteiger charge is -2.39. The summed E-state index contributed by atoms with van der Waals surface area (Å²) in [7, 11) is 2.11. The minimum atomic E-state index is 0.436. The summed E-state index contributed by atoms with van der Waals surface area (Å²) < 4.78 is 0. The first kappa shape index (κ1) is 15.1. The average molecular weight is 286 g/mol. The van der Waals surface area contributed by atoms with E-state index < -0.39 is 0 Å². The van der Waals surface area contributed by atoms with Gasteiger partial charge in [-0.25, -0.2) is 0 Å². The number of fused-ring (bicyclic) bond motifs is 1. The summed E-state index contributed by atoms with van der Waals surface area (Å²) in [4.78, 5) is 2.80. The third kappa shape index (κ3) is 3.02. The van der Waals surface area contributed by atoms with Crippen LogP contribution in [0.25, 0.3) is 0 Å². The zero-order valence-electron chi connectivity index (χ0n) is 13.8. The van der Waals surface area contributed by atoms with Gasteiger partial charge in [-0.2, -0.15) is 0 Å². The van der Waals surface area contributed by atoms with E-state index >= 15 is 0 Å². The maximum absolute atomic E-state index is 3.57. The van der Waals surface area contributed by atoms with Gasteiger partial charge in [-0.3, -0.25) is 4.90 Å². The first-order chi connectivity index (χ1) is 10.2. The summed E-state index contributed by atoms with van der Waals surface area (Å²) in [6.45, 7) is 5.87. The summed E-state index contributed by atoms with van der Waals surface area (Å²) in [5, 5.41) is 3.57. The number of benzene rings is 1. The standard InChI is InChI=1S/C19H30N2/c1-14-8-10-17(11-9-14)19(20-3)15(2)21-13-12-16-6-4-5-7-18(16)21/h8-11,15-16,18-20H,4-7,12-13H2,1-3H3. The Labute approximate surface area is 129 Å². The second-order valence-corrected chi connectivity index (χ2v) is 7.06. The van der Waals surface area contributed by atoms with Crippen molar-refractivity contribution in [2.24, 2.45) is 5.92 Å². The monoisotopic (exact) mass is 286 g/mol. The minimum Gasteiger partial charge on any atom is -0.312 e. The van der Waals surface area contributed by atoms with Crippen LogP contribution in [0.4, 0.5) is 0 Å².